The lowest BCUT2D eigenvalue weighted by Gasteiger charge is -2.43. The van der Waals surface area contributed by atoms with Gasteiger partial charge in [-0.25, -0.2) is 4.79 Å². The Balaban J connectivity index is 2.07. The monoisotopic (exact) mass is 437 g/mol. The molecule has 3 rings (SSSR count). The number of allylic oxidation sites excluding steroid dienone is 4. The van der Waals surface area contributed by atoms with Crippen molar-refractivity contribution in [3.05, 3.63) is 74.4 Å². The number of hydrogen-bond acceptors (Lipinski definition) is 4. The van der Waals surface area contributed by atoms with Gasteiger partial charge in [0.2, 0.25) is 6.04 Å². The van der Waals surface area contributed by atoms with Crippen LogP contribution in [0.4, 0.5) is 0 Å². The molecular weight excluding hydrogens is 402 g/mol. The number of benzene rings is 1. The number of rotatable bonds is 5. The van der Waals surface area contributed by atoms with Gasteiger partial charge in [0.1, 0.15) is 0 Å². The van der Waals surface area contributed by atoms with Crippen molar-refractivity contribution in [1.29, 1.82) is 0 Å². The van der Waals surface area contributed by atoms with Gasteiger partial charge in [0, 0.05) is 23.0 Å². The Kier molecular flexibility index (Phi) is 6.77. The summed E-state index contributed by atoms with van der Waals surface area (Å²) in [6.45, 7) is 13.0. The van der Waals surface area contributed by atoms with E-state index in [0.717, 1.165) is 29.6 Å². The first-order chi connectivity index (χ1) is 15.0. The van der Waals surface area contributed by atoms with Gasteiger partial charge in [-0.2, -0.15) is 0 Å². The van der Waals surface area contributed by atoms with Crippen molar-refractivity contribution in [1.82, 2.24) is 0 Å². The molecule has 5 nitrogen and oxygen atoms in total. The minimum atomic E-state index is -0.723. The van der Waals surface area contributed by atoms with E-state index in [-0.39, 0.29) is 21.7 Å². The maximum Gasteiger partial charge on any atom is 0.330 e. The zero-order valence-electron chi connectivity index (χ0n) is 20.2. The largest absolute Gasteiger partial charge is 0.463 e. The minimum Gasteiger partial charge on any atom is -0.463 e. The molecule has 0 heterocycles. The summed E-state index contributed by atoms with van der Waals surface area (Å²) in [6, 6.07) is 3.81. The van der Waals surface area contributed by atoms with Crippen LogP contribution < -0.4 is 0 Å². The molecule has 0 radical (unpaired) electrons. The highest BCUT2D eigenvalue weighted by molar-refractivity contribution is 5.83. The number of aryl methyl sites for hydroxylation is 1. The van der Waals surface area contributed by atoms with E-state index in [9.17, 15) is 14.9 Å². The van der Waals surface area contributed by atoms with Crippen LogP contribution in [0.1, 0.15) is 83.1 Å². The number of ether oxygens (including phenoxy) is 1. The lowest BCUT2D eigenvalue weighted by molar-refractivity contribution is -0.507. The number of nitrogens with zero attached hydrogens (tertiary/aromatic N) is 1. The summed E-state index contributed by atoms with van der Waals surface area (Å²) < 4.78 is 4.94. The van der Waals surface area contributed by atoms with Gasteiger partial charge < -0.3 is 4.74 Å². The van der Waals surface area contributed by atoms with Crippen molar-refractivity contribution in [2.24, 2.45) is 0 Å². The molecule has 5 heteroatoms. The highest BCUT2D eigenvalue weighted by Gasteiger charge is 2.40. The Bertz CT molecular complexity index is 1010. The van der Waals surface area contributed by atoms with Crippen LogP contribution in [0.25, 0.3) is 5.57 Å². The summed E-state index contributed by atoms with van der Waals surface area (Å²) >= 11 is 0. The molecule has 2 aliphatic rings. The Morgan fingerprint density at radius 1 is 1.19 bits per heavy atom. The van der Waals surface area contributed by atoms with E-state index in [1.807, 2.05) is 13.0 Å². The Labute approximate surface area is 191 Å². The van der Waals surface area contributed by atoms with Crippen molar-refractivity contribution in [2.75, 3.05) is 6.61 Å². The summed E-state index contributed by atoms with van der Waals surface area (Å²) in [5.74, 6) is -0.384. The van der Waals surface area contributed by atoms with Crippen LogP contribution in [-0.4, -0.2) is 23.5 Å². The first-order valence-electron chi connectivity index (χ1n) is 11.5. The first kappa shape index (κ1) is 24.0. The Morgan fingerprint density at radius 3 is 2.41 bits per heavy atom. The van der Waals surface area contributed by atoms with Crippen LogP contribution in [0.5, 0.6) is 0 Å². The maximum atomic E-state index is 11.9. The van der Waals surface area contributed by atoms with Crippen LogP contribution >= 0.6 is 0 Å². The summed E-state index contributed by atoms with van der Waals surface area (Å²) in [7, 11) is 0. The first-order valence-corrected chi connectivity index (χ1v) is 11.5. The molecular formula is C27H35NO4. The van der Waals surface area contributed by atoms with E-state index in [1.54, 1.807) is 19.1 Å². The fraction of sp³-hybridized carbons (Fsp3) is 0.519. The molecule has 0 aromatic heterocycles. The van der Waals surface area contributed by atoms with E-state index in [0.29, 0.717) is 19.4 Å². The van der Waals surface area contributed by atoms with E-state index in [1.165, 1.54) is 22.8 Å². The average molecular weight is 438 g/mol. The number of fused-ring (bicyclic) bond motifs is 2. The molecule has 1 aromatic rings. The summed E-state index contributed by atoms with van der Waals surface area (Å²) in [6.07, 6.45) is 10.3. The van der Waals surface area contributed by atoms with E-state index >= 15 is 0 Å². The second-order valence-corrected chi connectivity index (χ2v) is 10.3. The lowest BCUT2D eigenvalue weighted by atomic mass is 9.61. The van der Waals surface area contributed by atoms with Crippen molar-refractivity contribution < 1.29 is 14.5 Å². The number of carbonyl (C=O) groups excluding carboxylic acids is 1. The second kappa shape index (κ2) is 9.05. The third-order valence-corrected chi connectivity index (χ3v) is 6.96. The van der Waals surface area contributed by atoms with Gasteiger partial charge >= 0.3 is 5.97 Å². The fourth-order valence-electron chi connectivity index (χ4n) is 4.90. The molecule has 0 saturated heterocycles. The van der Waals surface area contributed by atoms with Crippen LogP contribution in [0.3, 0.4) is 0 Å². The topological polar surface area (TPSA) is 69.4 Å². The number of nitro groups is 1. The van der Waals surface area contributed by atoms with Crippen LogP contribution in [0, 0.1) is 10.1 Å². The maximum absolute atomic E-state index is 11.9. The number of esters is 1. The predicted molar refractivity (Wildman–Crippen MR) is 128 cm³/mol. The molecule has 1 unspecified atom stereocenters. The van der Waals surface area contributed by atoms with Crippen molar-refractivity contribution in [2.45, 2.75) is 84.1 Å². The molecule has 0 N–H and O–H groups in total. The number of carbonyl (C=O) groups is 1. The second-order valence-electron chi connectivity index (χ2n) is 10.3. The zero-order chi connectivity index (χ0) is 23.7. The standard InChI is InChI=1S/C27H35NO4/c1-7-32-25(29)15-18(2)9-8-10-20-21-17-23-22(26(3,4)13-14-27(23,5)6)16-19(21)11-12-24(20)28(30)31/h8-10,15-17,24H,7,11-14H2,1-6H3. The Morgan fingerprint density at radius 2 is 1.81 bits per heavy atom. The summed E-state index contributed by atoms with van der Waals surface area (Å²) in [5.41, 5.74) is 6.53. The molecule has 0 fully saturated rings. The molecule has 1 aromatic carbocycles. The molecule has 172 valence electrons. The van der Waals surface area contributed by atoms with Crippen LogP contribution in [-0.2, 0) is 26.8 Å². The van der Waals surface area contributed by atoms with Crippen molar-refractivity contribution >= 4 is 11.5 Å². The Hall–Kier alpha value is -2.69. The van der Waals surface area contributed by atoms with Gasteiger partial charge in [-0.3, -0.25) is 10.1 Å². The zero-order valence-corrected chi connectivity index (χ0v) is 20.2. The third kappa shape index (κ3) is 4.87. The van der Waals surface area contributed by atoms with E-state index in [4.69, 9.17) is 4.74 Å². The van der Waals surface area contributed by atoms with Gasteiger partial charge in [0.25, 0.3) is 0 Å². The molecule has 1 atom stereocenters. The quantitative estimate of drug-likeness (QED) is 0.184. The highest BCUT2D eigenvalue weighted by Crippen LogP contribution is 2.48. The summed E-state index contributed by atoms with van der Waals surface area (Å²) in [4.78, 5) is 23.3. The van der Waals surface area contributed by atoms with Gasteiger partial charge in [-0.1, -0.05) is 58.1 Å². The van der Waals surface area contributed by atoms with Crippen LogP contribution in [0.15, 0.2) is 42.0 Å². The molecule has 0 spiro atoms. The summed E-state index contributed by atoms with van der Waals surface area (Å²) in [5, 5.41) is 11.9. The van der Waals surface area contributed by atoms with E-state index in [2.05, 4.69) is 39.8 Å². The SMILES string of the molecule is CCOC(=O)C=C(C)C=CC=C1c2cc3c(cc2CCC1[N+](=O)[O-])C(C)(C)CCC3(C)C. The van der Waals surface area contributed by atoms with Crippen LogP contribution in [0.2, 0.25) is 0 Å². The molecule has 0 amide bonds. The molecule has 0 saturated carbocycles. The van der Waals surface area contributed by atoms with Crippen molar-refractivity contribution in [3.63, 3.8) is 0 Å². The minimum absolute atomic E-state index is 0.0430. The van der Waals surface area contributed by atoms with E-state index < -0.39 is 6.04 Å². The molecule has 2 aliphatic carbocycles. The van der Waals surface area contributed by atoms with Gasteiger partial charge in [0.05, 0.1) is 6.61 Å². The lowest BCUT2D eigenvalue weighted by Crippen LogP contribution is -2.35. The normalized spacial score (nSPS) is 23.0. The fourth-order valence-corrected chi connectivity index (χ4v) is 4.90. The molecule has 0 aliphatic heterocycles. The smallest absolute Gasteiger partial charge is 0.330 e. The predicted octanol–water partition coefficient (Wildman–Crippen LogP) is 6.08. The van der Waals surface area contributed by atoms with Gasteiger partial charge in [0.15, 0.2) is 0 Å². The van der Waals surface area contributed by atoms with Gasteiger partial charge in [-0.05, 0) is 71.8 Å². The highest BCUT2D eigenvalue weighted by atomic mass is 16.6. The van der Waals surface area contributed by atoms with Crippen molar-refractivity contribution in [3.8, 4) is 0 Å². The molecule has 32 heavy (non-hydrogen) atoms. The molecule has 0 bridgehead atoms. The van der Waals surface area contributed by atoms with Gasteiger partial charge in [-0.15, -0.1) is 0 Å². The third-order valence-electron chi connectivity index (χ3n) is 6.96. The average Bonchev–Trinajstić information content (AvgIpc) is 2.70. The number of hydrogen-bond donors (Lipinski definition) is 0.